The van der Waals surface area contributed by atoms with Crippen molar-refractivity contribution in [3.63, 3.8) is 0 Å². The molecule has 1 N–H and O–H groups in total. The average Bonchev–Trinajstić information content (AvgIpc) is 1.79. The SMILES string of the molecule is OC1CCSSSCC1. The fourth-order valence-electron chi connectivity index (χ4n) is 0.615. The molecule has 1 nitrogen and oxygen atoms in total. The Bertz CT molecular complexity index is 70.6. The summed E-state index contributed by atoms with van der Waals surface area (Å²) in [5, 5.41) is 9.18. The van der Waals surface area contributed by atoms with E-state index in [0.717, 1.165) is 24.3 Å². The molecule has 1 aliphatic heterocycles. The summed E-state index contributed by atoms with van der Waals surface area (Å²) < 4.78 is 0. The van der Waals surface area contributed by atoms with E-state index in [1.807, 2.05) is 31.4 Å². The second-order valence-corrected chi connectivity index (χ2v) is 6.41. The van der Waals surface area contributed by atoms with E-state index in [-0.39, 0.29) is 6.10 Å². The van der Waals surface area contributed by atoms with E-state index in [1.54, 1.807) is 0 Å². The van der Waals surface area contributed by atoms with Gasteiger partial charge in [0.05, 0.1) is 6.10 Å². The fraction of sp³-hybridized carbons (Fsp3) is 1.00. The normalized spacial score (nSPS) is 25.0. The summed E-state index contributed by atoms with van der Waals surface area (Å²) in [4.78, 5) is 0. The lowest BCUT2D eigenvalue weighted by Gasteiger charge is -2.11. The molecular formula is C5H10OS3. The van der Waals surface area contributed by atoms with Crippen molar-refractivity contribution in [3.8, 4) is 0 Å². The minimum absolute atomic E-state index is 0.0362. The van der Waals surface area contributed by atoms with Crippen molar-refractivity contribution < 1.29 is 5.11 Å². The van der Waals surface area contributed by atoms with Gasteiger partial charge in [-0.1, -0.05) is 21.6 Å². The van der Waals surface area contributed by atoms with Crippen LogP contribution >= 0.6 is 31.4 Å². The van der Waals surface area contributed by atoms with Crippen LogP contribution in [0.4, 0.5) is 0 Å². The number of rotatable bonds is 0. The van der Waals surface area contributed by atoms with Gasteiger partial charge in [0, 0.05) is 11.5 Å². The molecule has 0 atom stereocenters. The number of aliphatic hydroxyl groups excluding tert-OH is 1. The molecule has 1 rings (SSSR count). The van der Waals surface area contributed by atoms with Gasteiger partial charge in [0.2, 0.25) is 0 Å². The summed E-state index contributed by atoms with van der Waals surface area (Å²) >= 11 is 0. The van der Waals surface area contributed by atoms with Gasteiger partial charge >= 0.3 is 0 Å². The first-order valence-corrected chi connectivity index (χ1v) is 6.81. The Hall–Kier alpha value is 1.01. The molecule has 0 saturated carbocycles. The molecule has 0 radical (unpaired) electrons. The van der Waals surface area contributed by atoms with E-state index in [0.29, 0.717) is 0 Å². The molecule has 0 bridgehead atoms. The summed E-state index contributed by atoms with van der Waals surface area (Å²) in [6, 6.07) is 0. The number of hydrogen-bond donors (Lipinski definition) is 1. The third kappa shape index (κ3) is 3.65. The quantitative estimate of drug-likeness (QED) is 0.579. The van der Waals surface area contributed by atoms with Crippen molar-refractivity contribution in [3.05, 3.63) is 0 Å². The first-order chi connectivity index (χ1) is 4.39. The molecule has 0 aromatic rings. The van der Waals surface area contributed by atoms with Crippen LogP contribution in [0.5, 0.6) is 0 Å². The first kappa shape index (κ1) is 8.11. The topological polar surface area (TPSA) is 20.2 Å². The molecule has 0 unspecified atom stereocenters. The summed E-state index contributed by atoms with van der Waals surface area (Å²) in [6.45, 7) is 0. The monoisotopic (exact) mass is 182 g/mol. The fourth-order valence-corrected chi connectivity index (χ4v) is 4.58. The average molecular weight is 182 g/mol. The Morgan fingerprint density at radius 1 is 1.11 bits per heavy atom. The summed E-state index contributed by atoms with van der Waals surface area (Å²) in [7, 11) is 5.56. The third-order valence-corrected chi connectivity index (χ3v) is 5.47. The van der Waals surface area contributed by atoms with Crippen LogP contribution in [0, 0.1) is 0 Å². The van der Waals surface area contributed by atoms with Gasteiger partial charge in [-0.3, -0.25) is 0 Å². The highest BCUT2D eigenvalue weighted by Gasteiger charge is 2.07. The number of aliphatic hydroxyl groups is 1. The van der Waals surface area contributed by atoms with Crippen molar-refractivity contribution in [2.75, 3.05) is 11.5 Å². The molecule has 0 aromatic heterocycles. The van der Waals surface area contributed by atoms with Crippen molar-refractivity contribution in [1.29, 1.82) is 0 Å². The van der Waals surface area contributed by atoms with E-state index in [2.05, 4.69) is 0 Å². The van der Waals surface area contributed by atoms with Crippen LogP contribution in [0.2, 0.25) is 0 Å². The summed E-state index contributed by atoms with van der Waals surface area (Å²) in [5.74, 6) is 2.19. The van der Waals surface area contributed by atoms with Crippen molar-refractivity contribution >= 4 is 31.4 Å². The van der Waals surface area contributed by atoms with Crippen molar-refractivity contribution in [1.82, 2.24) is 0 Å². The van der Waals surface area contributed by atoms with E-state index in [4.69, 9.17) is 0 Å². The Kier molecular flexibility index (Phi) is 4.30. The molecule has 0 aliphatic carbocycles. The van der Waals surface area contributed by atoms with Crippen molar-refractivity contribution in [2.45, 2.75) is 18.9 Å². The van der Waals surface area contributed by atoms with Gasteiger partial charge < -0.3 is 5.11 Å². The predicted octanol–water partition coefficient (Wildman–Crippen LogP) is 2.17. The molecular weight excluding hydrogens is 172 g/mol. The largest absolute Gasteiger partial charge is 0.393 e. The zero-order valence-corrected chi connectivity index (χ0v) is 7.53. The smallest absolute Gasteiger partial charge is 0.0556 e. The van der Waals surface area contributed by atoms with Crippen LogP contribution in [-0.4, -0.2) is 22.7 Å². The molecule has 54 valence electrons. The van der Waals surface area contributed by atoms with E-state index in [1.165, 1.54) is 0 Å². The predicted molar refractivity (Wildman–Crippen MR) is 47.7 cm³/mol. The Balaban J connectivity index is 2.12. The Morgan fingerprint density at radius 3 is 2.22 bits per heavy atom. The highest BCUT2D eigenvalue weighted by Crippen LogP contribution is 2.37. The second kappa shape index (κ2) is 4.77. The van der Waals surface area contributed by atoms with Crippen LogP contribution in [0.1, 0.15) is 12.8 Å². The van der Waals surface area contributed by atoms with Gasteiger partial charge in [0.1, 0.15) is 0 Å². The molecule has 1 heterocycles. The molecule has 1 aliphatic rings. The zero-order chi connectivity index (χ0) is 6.53. The van der Waals surface area contributed by atoms with E-state index in [9.17, 15) is 5.11 Å². The maximum absolute atomic E-state index is 9.18. The Labute approximate surface area is 67.2 Å². The third-order valence-electron chi connectivity index (χ3n) is 1.17. The lowest BCUT2D eigenvalue weighted by molar-refractivity contribution is 0.169. The van der Waals surface area contributed by atoms with Crippen LogP contribution in [0.25, 0.3) is 0 Å². The summed E-state index contributed by atoms with van der Waals surface area (Å²) in [6.07, 6.45) is 1.90. The lowest BCUT2D eigenvalue weighted by Crippen LogP contribution is -2.09. The van der Waals surface area contributed by atoms with E-state index >= 15 is 0 Å². The number of hydrogen-bond acceptors (Lipinski definition) is 4. The highest BCUT2D eigenvalue weighted by atomic mass is 33.5. The van der Waals surface area contributed by atoms with Gasteiger partial charge in [-0.2, -0.15) is 0 Å². The van der Waals surface area contributed by atoms with Crippen LogP contribution in [0.15, 0.2) is 0 Å². The molecule has 0 spiro atoms. The highest BCUT2D eigenvalue weighted by molar-refractivity contribution is 9.09. The minimum atomic E-state index is -0.0362. The van der Waals surface area contributed by atoms with Crippen LogP contribution < -0.4 is 0 Å². The van der Waals surface area contributed by atoms with Crippen LogP contribution in [-0.2, 0) is 0 Å². The standard InChI is InChI=1S/C5H10OS3/c6-5-1-3-7-9-8-4-2-5/h5-6H,1-4H2. The molecule has 0 aromatic carbocycles. The molecule has 1 saturated heterocycles. The van der Waals surface area contributed by atoms with Gasteiger partial charge in [-0.05, 0) is 22.7 Å². The Morgan fingerprint density at radius 2 is 1.67 bits per heavy atom. The second-order valence-electron chi connectivity index (χ2n) is 1.94. The minimum Gasteiger partial charge on any atom is -0.393 e. The first-order valence-electron chi connectivity index (χ1n) is 2.99. The zero-order valence-electron chi connectivity index (χ0n) is 5.08. The van der Waals surface area contributed by atoms with Gasteiger partial charge in [-0.15, -0.1) is 0 Å². The van der Waals surface area contributed by atoms with Gasteiger partial charge in [0.15, 0.2) is 0 Å². The lowest BCUT2D eigenvalue weighted by atomic mass is 10.2. The van der Waals surface area contributed by atoms with E-state index < -0.39 is 0 Å². The molecule has 0 amide bonds. The molecule has 1 fully saturated rings. The summed E-state index contributed by atoms with van der Waals surface area (Å²) in [5.41, 5.74) is 0. The van der Waals surface area contributed by atoms with Gasteiger partial charge in [-0.25, -0.2) is 0 Å². The molecule has 9 heavy (non-hydrogen) atoms. The maximum Gasteiger partial charge on any atom is 0.0556 e. The van der Waals surface area contributed by atoms with Gasteiger partial charge in [0.25, 0.3) is 0 Å². The molecule has 4 heteroatoms. The van der Waals surface area contributed by atoms with Crippen molar-refractivity contribution in [2.24, 2.45) is 0 Å². The maximum atomic E-state index is 9.18. The van der Waals surface area contributed by atoms with Crippen LogP contribution in [0.3, 0.4) is 0 Å².